The third-order valence-electron chi connectivity index (χ3n) is 3.72. The molecule has 0 aliphatic carbocycles. The fraction of sp³-hybridized carbons (Fsp3) is 0.412. The van der Waals surface area contributed by atoms with E-state index < -0.39 is 0 Å². The summed E-state index contributed by atoms with van der Waals surface area (Å²) >= 11 is 0. The Bertz CT molecular complexity index is 630. The van der Waals surface area contributed by atoms with E-state index in [4.69, 9.17) is 9.97 Å². The van der Waals surface area contributed by atoms with Crippen LogP contribution in [-0.4, -0.2) is 17.0 Å². The van der Waals surface area contributed by atoms with Crippen molar-refractivity contribution in [3.63, 3.8) is 0 Å². The van der Waals surface area contributed by atoms with Gasteiger partial charge in [-0.05, 0) is 43.9 Å². The van der Waals surface area contributed by atoms with Gasteiger partial charge >= 0.3 is 0 Å². The SMILES string of the molecule is CNc1nc(-c2ccc(C)c(C)c2)nc(C)c1C(C)C. The molecule has 106 valence electrons. The van der Waals surface area contributed by atoms with E-state index in [1.165, 1.54) is 16.7 Å². The van der Waals surface area contributed by atoms with E-state index in [1.54, 1.807) is 0 Å². The molecule has 1 N–H and O–H groups in total. The van der Waals surface area contributed by atoms with Crippen LogP contribution in [0.1, 0.15) is 42.1 Å². The number of anilines is 1. The molecule has 0 spiro atoms. The molecule has 0 atom stereocenters. The van der Waals surface area contributed by atoms with Crippen molar-refractivity contribution < 1.29 is 0 Å². The van der Waals surface area contributed by atoms with Gasteiger partial charge in [0, 0.05) is 23.9 Å². The van der Waals surface area contributed by atoms with Crippen molar-refractivity contribution in [2.75, 3.05) is 12.4 Å². The first-order valence-electron chi connectivity index (χ1n) is 7.08. The van der Waals surface area contributed by atoms with Gasteiger partial charge in [0.2, 0.25) is 0 Å². The lowest BCUT2D eigenvalue weighted by Crippen LogP contribution is -2.07. The summed E-state index contributed by atoms with van der Waals surface area (Å²) in [6.45, 7) is 10.6. The summed E-state index contributed by atoms with van der Waals surface area (Å²) in [5.41, 5.74) is 5.87. The minimum absolute atomic E-state index is 0.409. The quantitative estimate of drug-likeness (QED) is 0.906. The number of benzene rings is 1. The summed E-state index contributed by atoms with van der Waals surface area (Å²) < 4.78 is 0. The normalized spacial score (nSPS) is 10.9. The van der Waals surface area contributed by atoms with Gasteiger partial charge in [0.15, 0.2) is 5.82 Å². The number of hydrogen-bond donors (Lipinski definition) is 1. The van der Waals surface area contributed by atoms with E-state index in [-0.39, 0.29) is 0 Å². The number of rotatable bonds is 3. The first-order chi connectivity index (χ1) is 9.43. The first-order valence-corrected chi connectivity index (χ1v) is 7.08. The summed E-state index contributed by atoms with van der Waals surface area (Å²) in [7, 11) is 1.91. The number of aromatic nitrogens is 2. The Morgan fingerprint density at radius 1 is 1.00 bits per heavy atom. The van der Waals surface area contributed by atoms with Gasteiger partial charge in [0.25, 0.3) is 0 Å². The van der Waals surface area contributed by atoms with Gasteiger partial charge in [-0.15, -0.1) is 0 Å². The number of aryl methyl sites for hydroxylation is 3. The molecule has 3 nitrogen and oxygen atoms in total. The van der Waals surface area contributed by atoms with Crippen LogP contribution in [0.4, 0.5) is 5.82 Å². The molecule has 2 rings (SSSR count). The zero-order chi connectivity index (χ0) is 14.9. The molecule has 2 aromatic rings. The predicted octanol–water partition coefficient (Wildman–Crippen LogP) is 4.23. The smallest absolute Gasteiger partial charge is 0.161 e. The zero-order valence-corrected chi connectivity index (χ0v) is 13.2. The average Bonchev–Trinajstić information content (AvgIpc) is 2.40. The van der Waals surface area contributed by atoms with Crippen LogP contribution in [0.3, 0.4) is 0 Å². The summed E-state index contributed by atoms with van der Waals surface area (Å²) in [5, 5.41) is 3.20. The Kier molecular flexibility index (Phi) is 4.07. The van der Waals surface area contributed by atoms with Crippen LogP contribution in [0.5, 0.6) is 0 Å². The van der Waals surface area contributed by atoms with Gasteiger partial charge in [0.1, 0.15) is 5.82 Å². The zero-order valence-electron chi connectivity index (χ0n) is 13.2. The van der Waals surface area contributed by atoms with E-state index in [1.807, 2.05) is 7.05 Å². The second-order valence-electron chi connectivity index (χ2n) is 5.60. The fourth-order valence-corrected chi connectivity index (χ4v) is 2.47. The van der Waals surface area contributed by atoms with Crippen LogP contribution in [-0.2, 0) is 0 Å². The van der Waals surface area contributed by atoms with Crippen molar-refractivity contribution in [2.24, 2.45) is 0 Å². The Morgan fingerprint density at radius 2 is 1.70 bits per heavy atom. The molecule has 1 heterocycles. The van der Waals surface area contributed by atoms with Crippen LogP contribution in [0.15, 0.2) is 18.2 Å². The standard InChI is InChI=1S/C17H23N3/c1-10(2)15-13(5)19-16(20-17(15)18-6)14-8-7-11(3)12(4)9-14/h7-10H,1-6H3,(H,18,19,20). The molecule has 1 aromatic carbocycles. The molecule has 0 saturated heterocycles. The fourth-order valence-electron chi connectivity index (χ4n) is 2.47. The van der Waals surface area contributed by atoms with Crippen LogP contribution in [0.2, 0.25) is 0 Å². The molecule has 0 amide bonds. The third-order valence-corrected chi connectivity index (χ3v) is 3.72. The van der Waals surface area contributed by atoms with Gasteiger partial charge in [-0.1, -0.05) is 26.0 Å². The van der Waals surface area contributed by atoms with Gasteiger partial charge < -0.3 is 5.32 Å². The van der Waals surface area contributed by atoms with Crippen molar-refractivity contribution >= 4 is 5.82 Å². The van der Waals surface area contributed by atoms with Crippen molar-refractivity contribution in [1.82, 2.24) is 9.97 Å². The molecule has 0 unspecified atom stereocenters. The molecular weight excluding hydrogens is 246 g/mol. The number of hydrogen-bond acceptors (Lipinski definition) is 3. The van der Waals surface area contributed by atoms with E-state index in [2.05, 4.69) is 58.1 Å². The topological polar surface area (TPSA) is 37.8 Å². The van der Waals surface area contributed by atoms with Crippen LogP contribution < -0.4 is 5.32 Å². The minimum Gasteiger partial charge on any atom is -0.373 e. The van der Waals surface area contributed by atoms with Crippen molar-refractivity contribution in [2.45, 2.75) is 40.5 Å². The van der Waals surface area contributed by atoms with Crippen LogP contribution >= 0.6 is 0 Å². The molecule has 20 heavy (non-hydrogen) atoms. The maximum absolute atomic E-state index is 4.69. The second kappa shape index (κ2) is 5.61. The van der Waals surface area contributed by atoms with Crippen molar-refractivity contribution in [3.8, 4) is 11.4 Å². The van der Waals surface area contributed by atoms with Gasteiger partial charge in [-0.3, -0.25) is 0 Å². The number of nitrogens with one attached hydrogen (secondary N) is 1. The maximum atomic E-state index is 4.69. The highest BCUT2D eigenvalue weighted by atomic mass is 15.0. The minimum atomic E-state index is 0.409. The molecule has 0 fully saturated rings. The Morgan fingerprint density at radius 3 is 2.25 bits per heavy atom. The second-order valence-corrected chi connectivity index (χ2v) is 5.60. The van der Waals surface area contributed by atoms with Crippen molar-refractivity contribution in [3.05, 3.63) is 40.6 Å². The maximum Gasteiger partial charge on any atom is 0.161 e. The average molecular weight is 269 g/mol. The largest absolute Gasteiger partial charge is 0.373 e. The molecule has 0 bridgehead atoms. The van der Waals surface area contributed by atoms with Crippen molar-refractivity contribution in [1.29, 1.82) is 0 Å². The highest BCUT2D eigenvalue weighted by molar-refractivity contribution is 5.61. The highest BCUT2D eigenvalue weighted by Crippen LogP contribution is 2.28. The molecule has 0 aliphatic rings. The molecule has 1 aromatic heterocycles. The Labute approximate surface area is 121 Å². The van der Waals surface area contributed by atoms with E-state index in [0.29, 0.717) is 5.92 Å². The number of nitrogens with zero attached hydrogens (tertiary/aromatic N) is 2. The summed E-state index contributed by atoms with van der Waals surface area (Å²) in [5.74, 6) is 2.13. The van der Waals surface area contributed by atoms with E-state index >= 15 is 0 Å². The Balaban J connectivity index is 2.58. The van der Waals surface area contributed by atoms with Crippen LogP contribution in [0, 0.1) is 20.8 Å². The van der Waals surface area contributed by atoms with Crippen LogP contribution in [0.25, 0.3) is 11.4 Å². The van der Waals surface area contributed by atoms with Gasteiger partial charge in [-0.25, -0.2) is 9.97 Å². The van der Waals surface area contributed by atoms with E-state index in [0.717, 1.165) is 22.9 Å². The monoisotopic (exact) mass is 269 g/mol. The van der Waals surface area contributed by atoms with Gasteiger partial charge in [0.05, 0.1) is 0 Å². The summed E-state index contributed by atoms with van der Waals surface area (Å²) in [4.78, 5) is 9.38. The predicted molar refractivity (Wildman–Crippen MR) is 85.3 cm³/mol. The molecular formula is C17H23N3. The molecule has 3 heteroatoms. The third kappa shape index (κ3) is 2.67. The first kappa shape index (κ1) is 14.5. The lowest BCUT2D eigenvalue weighted by atomic mass is 10.0. The highest BCUT2D eigenvalue weighted by Gasteiger charge is 2.14. The van der Waals surface area contributed by atoms with E-state index in [9.17, 15) is 0 Å². The molecule has 0 radical (unpaired) electrons. The molecule has 0 aliphatic heterocycles. The molecule has 0 saturated carbocycles. The summed E-state index contributed by atoms with van der Waals surface area (Å²) in [6, 6.07) is 6.36. The summed E-state index contributed by atoms with van der Waals surface area (Å²) in [6.07, 6.45) is 0. The Hall–Kier alpha value is -1.90. The lowest BCUT2D eigenvalue weighted by molar-refractivity contribution is 0.833. The lowest BCUT2D eigenvalue weighted by Gasteiger charge is -2.16. The van der Waals surface area contributed by atoms with Gasteiger partial charge in [-0.2, -0.15) is 0 Å².